The first-order chi connectivity index (χ1) is 12.5. The number of rotatable bonds is 16. The van der Waals surface area contributed by atoms with Gasteiger partial charge in [0, 0.05) is 0 Å². The molecule has 2 N–H and O–H groups in total. The van der Waals surface area contributed by atoms with Gasteiger partial charge in [0.05, 0.1) is 50.5 Å². The standard InChI is InChI=1S/C19H34O7/c1-5-9-23-13-18(7-3,11-20)15-25-17(22)26-16-19(8-4,12-21)14-24-10-6-2/h5-6,20-21H,1-2,7-16H2,3-4H3. The predicted octanol–water partition coefficient (Wildman–Crippen LogP) is 2.32. The predicted molar refractivity (Wildman–Crippen MR) is 99.0 cm³/mol. The van der Waals surface area contributed by atoms with Crippen molar-refractivity contribution in [2.75, 3.05) is 52.9 Å². The van der Waals surface area contributed by atoms with Gasteiger partial charge in [0.2, 0.25) is 0 Å². The Morgan fingerprint density at radius 2 is 1.23 bits per heavy atom. The van der Waals surface area contributed by atoms with Crippen LogP contribution in [0.4, 0.5) is 4.79 Å². The molecule has 0 aliphatic rings. The van der Waals surface area contributed by atoms with Crippen LogP contribution in [0.5, 0.6) is 0 Å². The van der Waals surface area contributed by atoms with Gasteiger partial charge in [-0.15, -0.1) is 13.2 Å². The van der Waals surface area contributed by atoms with E-state index in [0.717, 1.165) is 0 Å². The van der Waals surface area contributed by atoms with Gasteiger partial charge in [-0.25, -0.2) is 4.79 Å². The number of carbonyl (C=O) groups is 1. The summed E-state index contributed by atoms with van der Waals surface area (Å²) in [7, 11) is 0. The molecule has 2 atom stereocenters. The van der Waals surface area contributed by atoms with Crippen molar-refractivity contribution >= 4 is 6.16 Å². The maximum Gasteiger partial charge on any atom is 0.508 e. The summed E-state index contributed by atoms with van der Waals surface area (Å²) in [5.41, 5.74) is -1.37. The molecule has 0 bridgehead atoms. The molecular formula is C19H34O7. The van der Waals surface area contributed by atoms with Crippen LogP contribution in [0.3, 0.4) is 0 Å². The lowest BCUT2D eigenvalue weighted by molar-refractivity contribution is -0.0649. The van der Waals surface area contributed by atoms with Crippen LogP contribution in [-0.2, 0) is 18.9 Å². The molecule has 0 aliphatic heterocycles. The summed E-state index contributed by atoms with van der Waals surface area (Å²) in [4.78, 5) is 11.9. The van der Waals surface area contributed by atoms with Crippen LogP contribution in [0.15, 0.2) is 25.3 Å². The zero-order chi connectivity index (χ0) is 19.9. The van der Waals surface area contributed by atoms with E-state index in [0.29, 0.717) is 26.1 Å². The maximum absolute atomic E-state index is 11.9. The first-order valence-corrected chi connectivity index (χ1v) is 8.85. The molecule has 0 saturated heterocycles. The molecule has 26 heavy (non-hydrogen) atoms. The van der Waals surface area contributed by atoms with E-state index < -0.39 is 17.0 Å². The number of aliphatic hydroxyl groups excluding tert-OH is 2. The normalized spacial score (nSPS) is 15.5. The summed E-state index contributed by atoms with van der Waals surface area (Å²) >= 11 is 0. The number of hydrogen-bond donors (Lipinski definition) is 2. The lowest BCUT2D eigenvalue weighted by Crippen LogP contribution is -2.39. The van der Waals surface area contributed by atoms with Crippen molar-refractivity contribution < 1.29 is 34.0 Å². The third-order valence-electron chi connectivity index (χ3n) is 4.45. The molecule has 0 aromatic rings. The van der Waals surface area contributed by atoms with Crippen molar-refractivity contribution in [1.82, 2.24) is 0 Å². The first kappa shape index (κ1) is 24.6. The fourth-order valence-corrected chi connectivity index (χ4v) is 2.08. The van der Waals surface area contributed by atoms with Gasteiger partial charge in [-0.3, -0.25) is 0 Å². The average molecular weight is 374 g/mol. The Bertz CT molecular complexity index is 365. The van der Waals surface area contributed by atoms with E-state index in [4.69, 9.17) is 18.9 Å². The second kappa shape index (κ2) is 13.7. The van der Waals surface area contributed by atoms with E-state index in [9.17, 15) is 15.0 Å². The Labute approximate surface area is 156 Å². The Balaban J connectivity index is 4.55. The summed E-state index contributed by atoms with van der Waals surface area (Å²) < 4.78 is 21.1. The smallest absolute Gasteiger partial charge is 0.434 e. The van der Waals surface area contributed by atoms with Gasteiger partial charge in [0.15, 0.2) is 0 Å². The maximum atomic E-state index is 11.9. The molecule has 0 fully saturated rings. The first-order valence-electron chi connectivity index (χ1n) is 8.85. The number of ether oxygens (including phenoxy) is 4. The molecule has 0 rings (SSSR count). The Hall–Kier alpha value is -1.41. The largest absolute Gasteiger partial charge is 0.508 e. The van der Waals surface area contributed by atoms with E-state index in [2.05, 4.69) is 13.2 Å². The zero-order valence-corrected chi connectivity index (χ0v) is 16.1. The molecule has 0 heterocycles. The Kier molecular flexibility index (Phi) is 13.0. The molecule has 0 spiro atoms. The minimum absolute atomic E-state index is 0.0266. The molecule has 0 aromatic carbocycles. The zero-order valence-electron chi connectivity index (χ0n) is 16.1. The SMILES string of the molecule is C=CCOCC(CC)(CO)COC(=O)OCC(CC)(CO)COCC=C. The summed E-state index contributed by atoms with van der Waals surface area (Å²) in [6, 6.07) is 0. The van der Waals surface area contributed by atoms with Gasteiger partial charge in [-0.05, 0) is 12.8 Å². The molecular weight excluding hydrogens is 340 g/mol. The molecule has 0 radical (unpaired) electrons. The van der Waals surface area contributed by atoms with Crippen molar-refractivity contribution in [2.45, 2.75) is 26.7 Å². The van der Waals surface area contributed by atoms with Gasteiger partial charge in [0.25, 0.3) is 0 Å². The van der Waals surface area contributed by atoms with E-state index in [-0.39, 0.29) is 39.6 Å². The number of carbonyl (C=O) groups excluding carboxylic acids is 1. The highest BCUT2D eigenvalue weighted by Gasteiger charge is 2.32. The fraction of sp³-hybridized carbons (Fsp3) is 0.737. The van der Waals surface area contributed by atoms with E-state index in [1.54, 1.807) is 12.2 Å². The lowest BCUT2D eigenvalue weighted by Gasteiger charge is -2.31. The van der Waals surface area contributed by atoms with Crippen molar-refractivity contribution in [3.63, 3.8) is 0 Å². The van der Waals surface area contributed by atoms with E-state index in [1.807, 2.05) is 13.8 Å². The molecule has 0 aliphatic carbocycles. The van der Waals surface area contributed by atoms with Crippen LogP contribution < -0.4 is 0 Å². The van der Waals surface area contributed by atoms with Crippen LogP contribution in [0.1, 0.15) is 26.7 Å². The molecule has 0 saturated carbocycles. The summed E-state index contributed by atoms with van der Waals surface area (Å²) in [5, 5.41) is 19.3. The molecule has 152 valence electrons. The van der Waals surface area contributed by atoms with E-state index >= 15 is 0 Å². The van der Waals surface area contributed by atoms with E-state index in [1.165, 1.54) is 0 Å². The van der Waals surface area contributed by atoms with Crippen LogP contribution in [-0.4, -0.2) is 69.2 Å². The van der Waals surface area contributed by atoms with Crippen molar-refractivity contribution in [1.29, 1.82) is 0 Å². The average Bonchev–Trinajstić information content (AvgIpc) is 2.68. The second-order valence-corrected chi connectivity index (χ2v) is 6.46. The highest BCUT2D eigenvalue weighted by molar-refractivity contribution is 5.59. The van der Waals surface area contributed by atoms with Crippen LogP contribution >= 0.6 is 0 Å². The quantitative estimate of drug-likeness (QED) is 0.243. The van der Waals surface area contributed by atoms with Crippen LogP contribution in [0, 0.1) is 10.8 Å². The summed E-state index contributed by atoms with van der Waals surface area (Å²) in [6.45, 7) is 11.7. The van der Waals surface area contributed by atoms with Gasteiger partial charge in [0.1, 0.15) is 13.2 Å². The van der Waals surface area contributed by atoms with Crippen LogP contribution in [0.2, 0.25) is 0 Å². The van der Waals surface area contributed by atoms with Gasteiger partial charge < -0.3 is 29.2 Å². The highest BCUT2D eigenvalue weighted by Crippen LogP contribution is 2.25. The molecule has 0 aromatic heterocycles. The number of aliphatic hydroxyl groups is 2. The van der Waals surface area contributed by atoms with Crippen molar-refractivity contribution in [3.8, 4) is 0 Å². The van der Waals surface area contributed by atoms with Crippen molar-refractivity contribution in [3.05, 3.63) is 25.3 Å². The molecule has 0 amide bonds. The number of hydrogen-bond acceptors (Lipinski definition) is 7. The molecule has 7 heteroatoms. The van der Waals surface area contributed by atoms with Crippen LogP contribution in [0.25, 0.3) is 0 Å². The topological polar surface area (TPSA) is 94.5 Å². The van der Waals surface area contributed by atoms with Gasteiger partial charge in [-0.1, -0.05) is 26.0 Å². The molecule has 7 nitrogen and oxygen atoms in total. The molecule has 2 unspecified atom stereocenters. The minimum Gasteiger partial charge on any atom is -0.434 e. The third kappa shape index (κ3) is 8.80. The summed E-state index contributed by atoms with van der Waals surface area (Å²) in [5.74, 6) is 0. The van der Waals surface area contributed by atoms with Crippen molar-refractivity contribution in [2.24, 2.45) is 10.8 Å². The minimum atomic E-state index is -0.852. The Morgan fingerprint density at radius 3 is 1.50 bits per heavy atom. The third-order valence-corrected chi connectivity index (χ3v) is 4.45. The fourth-order valence-electron chi connectivity index (χ4n) is 2.08. The highest BCUT2D eigenvalue weighted by atomic mass is 16.7. The van der Waals surface area contributed by atoms with Gasteiger partial charge >= 0.3 is 6.16 Å². The van der Waals surface area contributed by atoms with Gasteiger partial charge in [-0.2, -0.15) is 0 Å². The Morgan fingerprint density at radius 1 is 0.846 bits per heavy atom. The second-order valence-electron chi connectivity index (χ2n) is 6.46. The monoisotopic (exact) mass is 374 g/mol. The summed E-state index contributed by atoms with van der Waals surface area (Å²) in [6.07, 6.45) is 3.51. The lowest BCUT2D eigenvalue weighted by atomic mass is 9.88.